The highest BCUT2D eigenvalue weighted by molar-refractivity contribution is 6.11. The molecule has 4 rings (SSSR count). The number of hydrogen-bond donors (Lipinski definition) is 0. The Bertz CT molecular complexity index is 2660. The lowest BCUT2D eigenvalue weighted by atomic mass is 9.82. The first-order valence-corrected chi connectivity index (χ1v) is 19.4. The summed E-state index contributed by atoms with van der Waals surface area (Å²) in [6.45, 7) is -3.89. The summed E-state index contributed by atoms with van der Waals surface area (Å²) in [4.78, 5) is 0. The van der Waals surface area contributed by atoms with Crippen molar-refractivity contribution < 1.29 is 168 Å². The minimum Gasteiger partial charge on any atom is -0.466 e. The summed E-state index contributed by atoms with van der Waals surface area (Å²) in [7, 11) is 0.735. The lowest BCUT2D eigenvalue weighted by Gasteiger charge is -2.43. The van der Waals surface area contributed by atoms with Gasteiger partial charge in [-0.05, 0) is 33.7 Å². The van der Waals surface area contributed by atoms with E-state index < -0.39 is 176 Å². The molecule has 0 unspecified atom stereocenters. The van der Waals surface area contributed by atoms with Crippen LogP contribution in [0.3, 0.4) is 0 Å². The number of ether oxygens (including phenoxy) is 4. The van der Waals surface area contributed by atoms with Gasteiger partial charge in [0.05, 0.1) is 11.1 Å². The molecule has 0 atom stereocenters. The minimum absolute atomic E-state index is 0.253. The quantitative estimate of drug-likeness (QED) is 0.0615. The van der Waals surface area contributed by atoms with E-state index in [4.69, 9.17) is 0 Å². The van der Waals surface area contributed by atoms with Gasteiger partial charge in [-0.1, -0.05) is 48.5 Å². The van der Waals surface area contributed by atoms with Gasteiger partial charge in [-0.2, -0.15) is 149 Å². The highest BCUT2D eigenvalue weighted by Gasteiger charge is 2.97. The Morgan fingerprint density at radius 3 is 0.744 bits per heavy atom. The molecule has 4 aromatic carbocycles. The van der Waals surface area contributed by atoms with E-state index >= 15 is 52.7 Å². The van der Waals surface area contributed by atoms with E-state index in [9.17, 15) is 96.6 Å². The molecule has 0 aliphatic heterocycles. The fourth-order valence-electron chi connectivity index (χ4n) is 6.82. The zero-order chi connectivity index (χ0) is 61.1. The van der Waals surface area contributed by atoms with Crippen molar-refractivity contribution in [3.05, 3.63) is 71.8 Å². The van der Waals surface area contributed by atoms with Gasteiger partial charge in [0.25, 0.3) is 0 Å². The van der Waals surface area contributed by atoms with Gasteiger partial charge in [0.1, 0.15) is 11.5 Å². The van der Waals surface area contributed by atoms with Crippen molar-refractivity contribution in [2.45, 2.75) is 95.3 Å². The average molecular weight is 1210 g/mol. The molecule has 0 saturated heterocycles. The first-order chi connectivity index (χ1) is 34.6. The predicted octanol–water partition coefficient (Wildman–Crippen LogP) is 16.6. The number of alkyl halides is 34. The first kappa shape index (κ1) is 65.1. The molecule has 4 aromatic rings. The normalized spacial score (nSPS) is 15.4. The molecule has 0 heterocycles. The van der Waals surface area contributed by atoms with Crippen LogP contribution in [-0.4, -0.2) is 111 Å². The molecular formula is C40H20F34O4. The van der Waals surface area contributed by atoms with Gasteiger partial charge < -0.3 is 18.9 Å². The third kappa shape index (κ3) is 8.65. The Kier molecular flexibility index (Phi) is 15.9. The number of halogens is 34. The van der Waals surface area contributed by atoms with Crippen molar-refractivity contribution >= 4 is 21.5 Å². The maximum Gasteiger partial charge on any atom is 0.460 e. The molecule has 0 aliphatic carbocycles. The summed E-state index contributed by atoms with van der Waals surface area (Å²) < 4.78 is 512. The molecule has 0 saturated carbocycles. The summed E-state index contributed by atoms with van der Waals surface area (Å²) in [6.07, 6.45) is -16.3. The van der Waals surface area contributed by atoms with Crippen molar-refractivity contribution in [3.8, 4) is 22.6 Å². The lowest BCUT2D eigenvalue weighted by molar-refractivity contribution is -0.462. The second-order valence-electron chi connectivity index (χ2n) is 15.8. The van der Waals surface area contributed by atoms with E-state index in [0.717, 1.165) is 0 Å². The number of fused-ring (bicyclic) bond motifs is 2. The molecule has 38 heteroatoms. The van der Waals surface area contributed by atoms with Gasteiger partial charge in [-0.3, -0.25) is 0 Å². The summed E-state index contributed by atoms with van der Waals surface area (Å²) in [6, 6.07) is 2.15. The summed E-state index contributed by atoms with van der Waals surface area (Å²) in [5, 5.41) is -5.41. The minimum atomic E-state index is -9.25. The van der Waals surface area contributed by atoms with Crippen LogP contribution in [0.2, 0.25) is 0 Å². The fourth-order valence-corrected chi connectivity index (χ4v) is 6.82. The Morgan fingerprint density at radius 2 is 0.513 bits per heavy atom. The molecule has 0 N–H and O–H groups in total. The van der Waals surface area contributed by atoms with Gasteiger partial charge in [0.2, 0.25) is 0 Å². The van der Waals surface area contributed by atoms with E-state index in [0.29, 0.717) is 50.6 Å². The number of hydrogen-bond acceptors (Lipinski definition) is 4. The molecular weight excluding hydrogens is 1190 g/mol. The van der Waals surface area contributed by atoms with Crippen LogP contribution in [0.1, 0.15) is 11.1 Å². The highest BCUT2D eigenvalue weighted by Crippen LogP contribution is 2.69. The van der Waals surface area contributed by atoms with Crippen molar-refractivity contribution in [1.82, 2.24) is 0 Å². The molecule has 0 amide bonds. The SMILES string of the molecule is COCOc1c(C(F)(F)C(F)(F)C(F)(F)C(F)(F)C(F)(F)C(F)(F)C(F)(F)C(F)(F)F)cc2ccccc2c1-c1c(OCOC)c(C(F)(F)C(F)(F)C(F)(F)C(F)(F)C(F)(F)C(F)(F)C(F)(F)C(F)(F)F)cc2ccccc12. The van der Waals surface area contributed by atoms with Gasteiger partial charge in [0.15, 0.2) is 13.6 Å². The van der Waals surface area contributed by atoms with Gasteiger partial charge in [-0.25, -0.2) is 0 Å². The van der Waals surface area contributed by atoms with Crippen molar-refractivity contribution in [3.63, 3.8) is 0 Å². The van der Waals surface area contributed by atoms with E-state index in [1.54, 1.807) is 0 Å². The first-order valence-electron chi connectivity index (χ1n) is 19.4. The van der Waals surface area contributed by atoms with Crippen molar-refractivity contribution in [2.24, 2.45) is 0 Å². The largest absolute Gasteiger partial charge is 0.466 e. The maximum atomic E-state index is 16.5. The zero-order valence-corrected chi connectivity index (χ0v) is 36.7. The van der Waals surface area contributed by atoms with Crippen LogP contribution in [0.4, 0.5) is 149 Å². The van der Waals surface area contributed by atoms with E-state index in [1.165, 1.54) is 0 Å². The van der Waals surface area contributed by atoms with Crippen LogP contribution in [-0.2, 0) is 21.3 Å². The smallest absolute Gasteiger partial charge is 0.460 e. The molecule has 78 heavy (non-hydrogen) atoms. The monoisotopic (exact) mass is 1210 g/mol. The fraction of sp³-hybridized carbons (Fsp3) is 0.500. The summed E-state index contributed by atoms with van der Waals surface area (Å²) in [5.74, 6) is -128. The standard InChI is InChI=1S/C40H20F34O4/c1-75-13-77-23-19(25(41,42)27(45,46)29(49,50)31(53,54)33(57,58)35(61,62)37(65,66)39(69,70)71)11-15-7-3-5-9-17(15)21(23)22-18-10-6-4-8-16(18)12-20(24(22)78-14-76-2)26(43,44)28(47,48)30(51,52)32(55,56)34(59,60)36(63,64)38(67,68)40(72,73)74/h3-12H,13-14H2,1-2H3. The third-order valence-electron chi connectivity index (χ3n) is 11.0. The maximum absolute atomic E-state index is 16.5. The van der Waals surface area contributed by atoms with Gasteiger partial charge >= 0.3 is 95.3 Å². The predicted molar refractivity (Wildman–Crippen MR) is 191 cm³/mol. The lowest BCUT2D eigenvalue weighted by Crippen LogP contribution is -2.74. The number of methoxy groups -OCH3 is 2. The third-order valence-corrected chi connectivity index (χ3v) is 11.0. The zero-order valence-electron chi connectivity index (χ0n) is 36.7. The van der Waals surface area contributed by atoms with Crippen LogP contribution in [0, 0.1) is 0 Å². The molecule has 0 aliphatic rings. The highest BCUT2D eigenvalue weighted by atomic mass is 19.4. The molecule has 4 nitrogen and oxygen atoms in total. The molecule has 0 spiro atoms. The Labute approximate surface area is 407 Å². The topological polar surface area (TPSA) is 36.9 Å². The van der Waals surface area contributed by atoms with Crippen molar-refractivity contribution in [2.75, 3.05) is 27.8 Å². The molecule has 0 radical (unpaired) electrons. The van der Waals surface area contributed by atoms with Gasteiger partial charge in [-0.15, -0.1) is 0 Å². The Balaban J connectivity index is 2.27. The summed E-state index contributed by atoms with van der Waals surface area (Å²) >= 11 is 0. The van der Waals surface area contributed by atoms with Crippen LogP contribution in [0.15, 0.2) is 60.7 Å². The second kappa shape index (κ2) is 19.1. The van der Waals surface area contributed by atoms with Crippen LogP contribution < -0.4 is 9.47 Å². The summed E-state index contributed by atoms with van der Waals surface area (Å²) in [5.41, 5.74) is -10.8. The average Bonchev–Trinajstić information content (AvgIpc) is 3.30. The van der Waals surface area contributed by atoms with E-state index in [-0.39, 0.29) is 12.1 Å². The van der Waals surface area contributed by atoms with Crippen LogP contribution in [0.5, 0.6) is 11.5 Å². The molecule has 442 valence electrons. The van der Waals surface area contributed by atoms with E-state index in [1.807, 2.05) is 0 Å². The number of rotatable bonds is 21. The van der Waals surface area contributed by atoms with E-state index in [2.05, 4.69) is 18.9 Å². The second-order valence-corrected chi connectivity index (χ2v) is 15.8. The Hall–Kier alpha value is -5.46. The van der Waals surface area contributed by atoms with Gasteiger partial charge in [0, 0.05) is 25.3 Å². The molecule has 0 fully saturated rings. The molecule has 0 bridgehead atoms. The molecule has 0 aromatic heterocycles. The number of benzene rings is 4. The Morgan fingerprint density at radius 1 is 0.295 bits per heavy atom. The van der Waals surface area contributed by atoms with Crippen molar-refractivity contribution in [1.29, 1.82) is 0 Å². The van der Waals surface area contributed by atoms with Crippen LogP contribution >= 0.6 is 0 Å². The van der Waals surface area contributed by atoms with Crippen LogP contribution in [0.25, 0.3) is 32.7 Å².